The summed E-state index contributed by atoms with van der Waals surface area (Å²) in [4.78, 5) is 12.1. The van der Waals surface area contributed by atoms with E-state index >= 15 is 0 Å². The zero-order valence-electron chi connectivity index (χ0n) is 11.0. The summed E-state index contributed by atoms with van der Waals surface area (Å²) in [5, 5.41) is 2.90. The fourth-order valence-corrected chi connectivity index (χ4v) is 4.59. The van der Waals surface area contributed by atoms with E-state index in [1.807, 2.05) is 12.1 Å². The van der Waals surface area contributed by atoms with Crippen LogP contribution in [0.5, 0.6) is 0 Å². The molecule has 2 aromatic rings. The predicted octanol–water partition coefficient (Wildman–Crippen LogP) is 4.82. The van der Waals surface area contributed by atoms with Crippen LogP contribution in [0.15, 0.2) is 40.9 Å². The Hall–Kier alpha value is -0.400. The van der Waals surface area contributed by atoms with Gasteiger partial charge in [0.1, 0.15) is 0 Å². The largest absolute Gasteiger partial charge is 0.352 e. The summed E-state index contributed by atoms with van der Waals surface area (Å²) in [5.74, 6) is 0.0294. The highest BCUT2D eigenvalue weighted by atomic mass is 127. The van der Waals surface area contributed by atoms with Crippen LogP contribution < -0.4 is 5.32 Å². The molecule has 1 amide bonds. The van der Waals surface area contributed by atoms with Gasteiger partial charge in [-0.1, -0.05) is 44.0 Å². The molecular weight excluding hydrogens is 509 g/mol. The van der Waals surface area contributed by atoms with Gasteiger partial charge in [0.2, 0.25) is 0 Å². The molecule has 2 nitrogen and oxygen atoms in total. The lowest BCUT2D eigenvalue weighted by molar-refractivity contribution is 0.0946. The topological polar surface area (TPSA) is 29.1 Å². The first-order valence-electron chi connectivity index (χ1n) is 6.56. The van der Waals surface area contributed by atoms with Crippen molar-refractivity contribution in [1.82, 2.24) is 5.32 Å². The van der Waals surface area contributed by atoms with Crippen LogP contribution in [0.2, 0.25) is 0 Å². The van der Waals surface area contributed by atoms with Crippen LogP contribution in [0.1, 0.15) is 31.9 Å². The lowest BCUT2D eigenvalue weighted by atomic mass is 9.95. The fraction of sp³-hybridized carbons (Fsp3) is 0.188. The minimum atomic E-state index is 0.0294. The Labute approximate surface area is 154 Å². The number of halogens is 3. The monoisotopic (exact) mass is 519 g/mol. The summed E-state index contributed by atoms with van der Waals surface area (Å²) in [7, 11) is 0. The van der Waals surface area contributed by atoms with Crippen molar-refractivity contribution in [3.63, 3.8) is 0 Å². The minimum Gasteiger partial charge on any atom is -0.352 e. The van der Waals surface area contributed by atoms with E-state index in [4.69, 9.17) is 0 Å². The van der Waals surface area contributed by atoms with Gasteiger partial charge in [-0.05, 0) is 70.0 Å². The van der Waals surface area contributed by atoms with E-state index in [-0.39, 0.29) is 10.7 Å². The number of hydrogen-bond acceptors (Lipinski definition) is 1. The SMILES string of the molecule is O=C1NCCc2ccc(C(Br)c3cc(Br)ccc3I)cc21. The molecule has 0 aliphatic carbocycles. The van der Waals surface area contributed by atoms with Gasteiger partial charge in [0.25, 0.3) is 5.91 Å². The van der Waals surface area contributed by atoms with E-state index in [0.29, 0.717) is 0 Å². The van der Waals surface area contributed by atoms with Crippen LogP contribution >= 0.6 is 54.5 Å². The average molecular weight is 521 g/mol. The molecule has 2 aromatic carbocycles. The molecular formula is C16H12Br2INO. The molecule has 0 fully saturated rings. The molecule has 1 aliphatic heterocycles. The van der Waals surface area contributed by atoms with Crippen molar-refractivity contribution in [2.75, 3.05) is 6.54 Å². The maximum absolute atomic E-state index is 12.0. The number of fused-ring (bicyclic) bond motifs is 1. The standard InChI is InChI=1S/C16H12Br2INO/c17-11-3-4-14(19)13(8-11)15(18)10-2-1-9-5-6-20-16(21)12(9)7-10/h1-4,7-8,15H,5-6H2,(H,20,21). The van der Waals surface area contributed by atoms with Crippen molar-refractivity contribution >= 4 is 60.4 Å². The predicted molar refractivity (Wildman–Crippen MR) is 100 cm³/mol. The van der Waals surface area contributed by atoms with E-state index in [1.165, 1.54) is 9.13 Å². The van der Waals surface area contributed by atoms with E-state index in [1.54, 1.807) is 0 Å². The van der Waals surface area contributed by atoms with Gasteiger partial charge in [-0.25, -0.2) is 0 Å². The van der Waals surface area contributed by atoms with Crippen LogP contribution in [0.4, 0.5) is 0 Å². The van der Waals surface area contributed by atoms with Crippen molar-refractivity contribution in [2.45, 2.75) is 11.2 Å². The molecule has 1 heterocycles. The van der Waals surface area contributed by atoms with Crippen LogP contribution in [-0.2, 0) is 6.42 Å². The van der Waals surface area contributed by atoms with Crippen molar-refractivity contribution in [2.24, 2.45) is 0 Å². The Bertz CT molecular complexity index is 717. The third-order valence-corrected chi connectivity index (χ3v) is 6.08. The van der Waals surface area contributed by atoms with E-state index < -0.39 is 0 Å². The lowest BCUT2D eigenvalue weighted by Crippen LogP contribution is -2.31. The van der Waals surface area contributed by atoms with Crippen molar-refractivity contribution < 1.29 is 4.79 Å². The maximum atomic E-state index is 12.0. The highest BCUT2D eigenvalue weighted by Gasteiger charge is 2.20. The summed E-state index contributed by atoms with van der Waals surface area (Å²) in [5.41, 5.74) is 4.22. The number of rotatable bonds is 2. The highest BCUT2D eigenvalue weighted by molar-refractivity contribution is 14.1. The number of carbonyl (C=O) groups excluding carboxylic acids is 1. The number of carbonyl (C=O) groups is 1. The number of nitrogens with one attached hydrogen (secondary N) is 1. The molecule has 5 heteroatoms. The average Bonchev–Trinajstić information content (AvgIpc) is 2.49. The molecule has 0 saturated carbocycles. The third kappa shape index (κ3) is 3.19. The first-order valence-corrected chi connectivity index (χ1v) is 9.35. The van der Waals surface area contributed by atoms with Crippen LogP contribution in [-0.4, -0.2) is 12.5 Å². The van der Waals surface area contributed by atoms with E-state index in [9.17, 15) is 4.79 Å². The molecule has 21 heavy (non-hydrogen) atoms. The first-order chi connectivity index (χ1) is 10.1. The quantitative estimate of drug-likeness (QED) is 0.446. The van der Waals surface area contributed by atoms with Gasteiger partial charge in [0.05, 0.1) is 4.83 Å². The Balaban J connectivity index is 2.02. The van der Waals surface area contributed by atoms with Gasteiger partial charge >= 0.3 is 0 Å². The second kappa shape index (κ2) is 6.38. The van der Waals surface area contributed by atoms with Gasteiger partial charge in [-0.2, -0.15) is 0 Å². The van der Waals surface area contributed by atoms with E-state index in [0.717, 1.165) is 34.1 Å². The van der Waals surface area contributed by atoms with E-state index in [2.05, 4.69) is 84.0 Å². The Morgan fingerprint density at radius 1 is 1.19 bits per heavy atom. The molecule has 0 radical (unpaired) electrons. The zero-order valence-corrected chi connectivity index (χ0v) is 16.3. The van der Waals surface area contributed by atoms with Gasteiger partial charge < -0.3 is 5.32 Å². The molecule has 1 aliphatic rings. The lowest BCUT2D eigenvalue weighted by Gasteiger charge is -2.19. The molecule has 1 unspecified atom stereocenters. The minimum absolute atomic E-state index is 0.0294. The molecule has 0 aromatic heterocycles. The molecule has 3 rings (SSSR count). The summed E-state index contributed by atoms with van der Waals surface area (Å²) < 4.78 is 2.25. The summed E-state index contributed by atoms with van der Waals surface area (Å²) in [6, 6.07) is 12.4. The second-order valence-electron chi connectivity index (χ2n) is 4.95. The van der Waals surface area contributed by atoms with Crippen LogP contribution in [0, 0.1) is 3.57 Å². The molecule has 0 bridgehead atoms. The Morgan fingerprint density at radius 3 is 2.81 bits per heavy atom. The van der Waals surface area contributed by atoms with Gasteiger partial charge in [-0.15, -0.1) is 0 Å². The third-order valence-electron chi connectivity index (χ3n) is 3.58. The number of hydrogen-bond donors (Lipinski definition) is 1. The second-order valence-corrected chi connectivity index (χ2v) is 7.94. The van der Waals surface area contributed by atoms with Crippen molar-refractivity contribution in [1.29, 1.82) is 0 Å². The highest BCUT2D eigenvalue weighted by Crippen LogP contribution is 2.36. The smallest absolute Gasteiger partial charge is 0.251 e. The Morgan fingerprint density at radius 2 is 2.00 bits per heavy atom. The fourth-order valence-electron chi connectivity index (χ4n) is 2.48. The van der Waals surface area contributed by atoms with Crippen LogP contribution in [0.25, 0.3) is 0 Å². The van der Waals surface area contributed by atoms with Crippen molar-refractivity contribution in [3.8, 4) is 0 Å². The van der Waals surface area contributed by atoms with Gasteiger partial charge in [0.15, 0.2) is 0 Å². The zero-order chi connectivity index (χ0) is 15.0. The van der Waals surface area contributed by atoms with Gasteiger partial charge in [-0.3, -0.25) is 4.79 Å². The normalized spacial score (nSPS) is 15.3. The number of alkyl halides is 1. The number of amides is 1. The first kappa shape index (κ1) is 15.5. The number of benzene rings is 2. The molecule has 0 saturated heterocycles. The summed E-state index contributed by atoms with van der Waals surface area (Å²) >= 11 is 9.62. The maximum Gasteiger partial charge on any atom is 0.251 e. The van der Waals surface area contributed by atoms with Crippen molar-refractivity contribution in [3.05, 3.63) is 66.7 Å². The molecule has 1 atom stereocenters. The summed E-state index contributed by atoms with van der Waals surface area (Å²) in [6.45, 7) is 0.729. The Kier molecular flexibility index (Phi) is 4.71. The van der Waals surface area contributed by atoms with Gasteiger partial charge in [0, 0.05) is 20.2 Å². The molecule has 108 valence electrons. The molecule has 1 N–H and O–H groups in total. The summed E-state index contributed by atoms with van der Waals surface area (Å²) in [6.07, 6.45) is 0.905. The molecule has 0 spiro atoms. The van der Waals surface area contributed by atoms with Crippen LogP contribution in [0.3, 0.4) is 0 Å².